The van der Waals surface area contributed by atoms with Gasteiger partial charge in [-0.1, -0.05) is 17.7 Å². The fourth-order valence-corrected chi connectivity index (χ4v) is 2.66. The lowest BCUT2D eigenvalue weighted by Gasteiger charge is -2.16. The molecule has 2 aromatic rings. The van der Waals surface area contributed by atoms with Crippen molar-refractivity contribution in [3.63, 3.8) is 0 Å². The van der Waals surface area contributed by atoms with E-state index in [1.54, 1.807) is 18.2 Å². The van der Waals surface area contributed by atoms with Crippen LogP contribution in [0.25, 0.3) is 0 Å². The highest BCUT2D eigenvalue weighted by Gasteiger charge is 2.20. The van der Waals surface area contributed by atoms with Crippen molar-refractivity contribution in [2.75, 3.05) is 7.11 Å². The molecule has 1 atom stereocenters. The van der Waals surface area contributed by atoms with Gasteiger partial charge in [0.25, 0.3) is 5.91 Å². The van der Waals surface area contributed by atoms with Gasteiger partial charge >= 0.3 is 5.97 Å². The van der Waals surface area contributed by atoms with Crippen molar-refractivity contribution in [3.05, 3.63) is 58.6 Å². The molecule has 0 saturated heterocycles. The number of methoxy groups -OCH3 is 1. The van der Waals surface area contributed by atoms with Crippen LogP contribution in [0.1, 0.15) is 22.8 Å². The number of halogens is 1. The van der Waals surface area contributed by atoms with E-state index in [0.29, 0.717) is 22.1 Å². The number of carbonyl (C=O) groups is 3. The molecule has 8 heteroatoms. The first-order valence-corrected chi connectivity index (χ1v) is 8.39. The molecule has 2 rings (SSSR count). The van der Waals surface area contributed by atoms with Crippen molar-refractivity contribution < 1.29 is 23.9 Å². The molecule has 0 bridgehead atoms. The number of nitrogens with one attached hydrogen (secondary N) is 1. The smallest absolute Gasteiger partial charge is 0.308 e. The summed E-state index contributed by atoms with van der Waals surface area (Å²) in [6.45, 7) is 1.28. The van der Waals surface area contributed by atoms with Crippen molar-refractivity contribution >= 4 is 29.4 Å². The normalized spacial score (nSPS) is 11.4. The number of primary amides is 1. The number of nitrogens with two attached hydrogens (primary N) is 1. The van der Waals surface area contributed by atoms with E-state index in [-0.39, 0.29) is 6.42 Å². The van der Waals surface area contributed by atoms with E-state index in [1.807, 2.05) is 0 Å². The van der Waals surface area contributed by atoms with Gasteiger partial charge in [-0.15, -0.1) is 0 Å². The van der Waals surface area contributed by atoms with Gasteiger partial charge in [-0.25, -0.2) is 0 Å². The first-order valence-electron chi connectivity index (χ1n) is 8.01. The molecule has 0 aliphatic heterocycles. The Morgan fingerprint density at radius 1 is 1.15 bits per heavy atom. The Balaban J connectivity index is 2.09. The van der Waals surface area contributed by atoms with Gasteiger partial charge in [-0.2, -0.15) is 0 Å². The van der Waals surface area contributed by atoms with Crippen molar-refractivity contribution in [2.45, 2.75) is 19.4 Å². The second-order valence-electron chi connectivity index (χ2n) is 5.72. The highest BCUT2D eigenvalue weighted by atomic mass is 35.5. The zero-order valence-corrected chi connectivity index (χ0v) is 15.6. The number of carbonyl (C=O) groups excluding carboxylic acids is 3. The molecule has 7 nitrogen and oxygen atoms in total. The van der Waals surface area contributed by atoms with Gasteiger partial charge in [0.2, 0.25) is 5.91 Å². The molecule has 0 fully saturated rings. The molecular weight excluding hydrogens is 372 g/mol. The standard InChI is InChI=1S/C19H19ClN2O5/c1-11(23)27-14-6-4-13(5-7-14)19(25)22-16(18(21)24)10-12-3-8-17(26-2)15(20)9-12/h3-9,16H,10H2,1-2H3,(H2,21,24)(H,22,25)/t16-/m1/s1. The first kappa shape index (κ1) is 20.3. The Hall–Kier alpha value is -3.06. The summed E-state index contributed by atoms with van der Waals surface area (Å²) >= 11 is 6.08. The van der Waals surface area contributed by atoms with Gasteiger partial charge in [0.15, 0.2) is 0 Å². The van der Waals surface area contributed by atoms with E-state index in [4.69, 9.17) is 26.8 Å². The van der Waals surface area contributed by atoms with Crippen LogP contribution in [0.2, 0.25) is 5.02 Å². The first-order chi connectivity index (χ1) is 12.8. The third-order valence-corrected chi connectivity index (χ3v) is 3.98. The summed E-state index contributed by atoms with van der Waals surface area (Å²) in [4.78, 5) is 35.0. The number of hydrogen-bond acceptors (Lipinski definition) is 5. The van der Waals surface area contributed by atoms with Crippen LogP contribution in [0.5, 0.6) is 11.5 Å². The van der Waals surface area contributed by atoms with Crippen LogP contribution >= 0.6 is 11.6 Å². The number of ether oxygens (including phenoxy) is 2. The number of esters is 1. The quantitative estimate of drug-likeness (QED) is 0.556. The molecule has 0 heterocycles. The minimum absolute atomic E-state index is 0.177. The third-order valence-electron chi connectivity index (χ3n) is 3.68. The summed E-state index contributed by atoms with van der Waals surface area (Å²) in [5, 5.41) is 2.99. The van der Waals surface area contributed by atoms with Crippen molar-refractivity contribution in [2.24, 2.45) is 5.73 Å². The Morgan fingerprint density at radius 3 is 2.33 bits per heavy atom. The van der Waals surface area contributed by atoms with Crippen LogP contribution in [0.15, 0.2) is 42.5 Å². The van der Waals surface area contributed by atoms with E-state index < -0.39 is 23.8 Å². The zero-order valence-electron chi connectivity index (χ0n) is 14.8. The summed E-state index contributed by atoms with van der Waals surface area (Å²) in [7, 11) is 1.50. The Bertz CT molecular complexity index is 852. The molecular formula is C19H19ClN2O5. The van der Waals surface area contributed by atoms with E-state index in [9.17, 15) is 14.4 Å². The third kappa shape index (κ3) is 5.72. The minimum atomic E-state index is -0.921. The molecule has 0 spiro atoms. The van der Waals surface area contributed by atoms with Crippen LogP contribution in [0, 0.1) is 0 Å². The molecule has 0 aliphatic carbocycles. The van der Waals surface area contributed by atoms with Crippen LogP contribution in [-0.4, -0.2) is 30.9 Å². The molecule has 142 valence electrons. The maximum Gasteiger partial charge on any atom is 0.308 e. The number of benzene rings is 2. The molecule has 0 saturated carbocycles. The van der Waals surface area contributed by atoms with Gasteiger partial charge in [-0.05, 0) is 42.0 Å². The van der Waals surface area contributed by atoms with E-state index in [2.05, 4.69) is 5.32 Å². The molecule has 0 unspecified atom stereocenters. The monoisotopic (exact) mass is 390 g/mol. The van der Waals surface area contributed by atoms with E-state index in [1.165, 1.54) is 38.3 Å². The number of rotatable bonds is 7. The second-order valence-corrected chi connectivity index (χ2v) is 6.13. The molecule has 0 radical (unpaired) electrons. The lowest BCUT2D eigenvalue weighted by atomic mass is 10.0. The van der Waals surface area contributed by atoms with Crippen molar-refractivity contribution in [1.29, 1.82) is 0 Å². The molecule has 0 aromatic heterocycles. The fourth-order valence-electron chi connectivity index (χ4n) is 2.38. The fraction of sp³-hybridized carbons (Fsp3) is 0.211. The number of hydrogen-bond donors (Lipinski definition) is 2. The summed E-state index contributed by atoms with van der Waals surface area (Å²) in [6.07, 6.45) is 0.177. The lowest BCUT2D eigenvalue weighted by molar-refractivity contribution is -0.131. The second kappa shape index (κ2) is 9.05. The van der Waals surface area contributed by atoms with Crippen LogP contribution in [0.3, 0.4) is 0 Å². The molecule has 2 amide bonds. The van der Waals surface area contributed by atoms with Gasteiger partial charge in [-0.3, -0.25) is 14.4 Å². The minimum Gasteiger partial charge on any atom is -0.495 e. The Labute approximate surface area is 161 Å². The molecule has 2 aromatic carbocycles. The van der Waals surface area contributed by atoms with E-state index >= 15 is 0 Å². The number of amides is 2. The average Bonchev–Trinajstić information content (AvgIpc) is 2.61. The lowest BCUT2D eigenvalue weighted by Crippen LogP contribution is -2.45. The Kier molecular flexibility index (Phi) is 6.79. The van der Waals surface area contributed by atoms with Crippen molar-refractivity contribution in [3.8, 4) is 11.5 Å². The maximum atomic E-state index is 12.4. The Morgan fingerprint density at radius 2 is 1.81 bits per heavy atom. The summed E-state index contributed by atoms with van der Waals surface area (Å²) in [5.74, 6) is -0.787. The van der Waals surface area contributed by atoms with Gasteiger partial charge in [0, 0.05) is 18.9 Å². The summed E-state index contributed by atoms with van der Waals surface area (Å²) in [6, 6.07) is 10.1. The predicted octanol–water partition coefficient (Wildman–Crippen LogP) is 2.10. The zero-order chi connectivity index (χ0) is 20.0. The molecule has 27 heavy (non-hydrogen) atoms. The molecule has 0 aliphatic rings. The highest BCUT2D eigenvalue weighted by molar-refractivity contribution is 6.32. The van der Waals surface area contributed by atoms with Gasteiger partial charge < -0.3 is 20.5 Å². The highest BCUT2D eigenvalue weighted by Crippen LogP contribution is 2.25. The summed E-state index contributed by atoms with van der Waals surface area (Å²) < 4.78 is 9.99. The SMILES string of the molecule is COc1ccc(C[C@@H](NC(=O)c2ccc(OC(C)=O)cc2)C(N)=O)cc1Cl. The predicted molar refractivity (Wildman–Crippen MR) is 99.9 cm³/mol. The largest absolute Gasteiger partial charge is 0.495 e. The van der Waals surface area contributed by atoms with Crippen LogP contribution in [-0.2, 0) is 16.0 Å². The summed E-state index contributed by atoms with van der Waals surface area (Å²) in [5.41, 5.74) is 6.43. The topological polar surface area (TPSA) is 108 Å². The van der Waals surface area contributed by atoms with Crippen LogP contribution in [0.4, 0.5) is 0 Å². The van der Waals surface area contributed by atoms with Crippen molar-refractivity contribution in [1.82, 2.24) is 5.32 Å². The average molecular weight is 391 g/mol. The maximum absolute atomic E-state index is 12.4. The van der Waals surface area contributed by atoms with Gasteiger partial charge in [0.05, 0.1) is 12.1 Å². The molecule has 3 N–H and O–H groups in total. The van der Waals surface area contributed by atoms with Gasteiger partial charge in [0.1, 0.15) is 17.5 Å². The van der Waals surface area contributed by atoms with E-state index in [0.717, 1.165) is 5.56 Å². The van der Waals surface area contributed by atoms with Crippen LogP contribution < -0.4 is 20.5 Å².